The molecule has 0 saturated carbocycles. The molecule has 3 fully saturated rings. The van der Waals surface area contributed by atoms with Gasteiger partial charge in [0.15, 0.2) is 18.9 Å². The van der Waals surface area contributed by atoms with Crippen molar-refractivity contribution in [3.05, 3.63) is 0 Å². The highest BCUT2D eigenvalue weighted by Crippen LogP contribution is 2.34. The normalized spacial score (nSPS) is 24.9. The maximum Gasteiger partial charge on any atom is 0.220 e. The van der Waals surface area contributed by atoms with Gasteiger partial charge in [0.05, 0.1) is 38.6 Å². The predicted molar refractivity (Wildman–Crippen MR) is 448 cm³/mol. The van der Waals surface area contributed by atoms with Gasteiger partial charge in [-0.25, -0.2) is 0 Å². The molecule has 660 valence electrons. The van der Waals surface area contributed by atoms with Crippen molar-refractivity contribution in [2.75, 3.05) is 26.4 Å². The Hall–Kier alpha value is -1.21. The number of unbranched alkanes of at least 4 members (excludes halogenated alkanes) is 64. The quantitative estimate of drug-likeness (QED) is 0.0252. The van der Waals surface area contributed by atoms with Crippen molar-refractivity contribution in [2.45, 2.75) is 555 Å². The third-order valence-electron chi connectivity index (χ3n) is 24.4. The molecule has 0 spiro atoms. The standard InChI is InChI=1S/C92H179NO18/c1-3-5-7-9-11-13-15-17-19-21-23-25-27-29-31-33-35-37-38-40-42-44-46-48-50-52-54-56-58-60-62-64-66-68-70-80(98)93-75(76(97)69-67-65-63-61-59-57-55-53-51-49-47-45-43-41-39-36-34-32-30-28-26-24-22-20-18-16-14-12-10-8-6-4-2)74-106-90-86(104)83(101)88(78(72-95)108-90)111-92-87(105)84(102)89(79(73-96)109-92)110-91-85(103)82(100)81(99)77(71-94)107-91/h75-79,81-92,94-97,99-105H,3-74H2,1-2H3,(H,93,98). The summed E-state index contributed by atoms with van der Waals surface area (Å²) in [4.78, 5) is 13.6. The summed E-state index contributed by atoms with van der Waals surface area (Å²) in [6.07, 6.45) is 62.4. The van der Waals surface area contributed by atoms with E-state index in [1.54, 1.807) is 0 Å². The number of carbonyl (C=O) groups excluding carboxylic acids is 1. The summed E-state index contributed by atoms with van der Waals surface area (Å²) in [7, 11) is 0. The molecule has 3 saturated heterocycles. The third kappa shape index (κ3) is 51.1. The van der Waals surface area contributed by atoms with Crippen LogP contribution in [0.15, 0.2) is 0 Å². The van der Waals surface area contributed by atoms with Gasteiger partial charge in [-0.15, -0.1) is 0 Å². The van der Waals surface area contributed by atoms with Crippen LogP contribution in [0, 0.1) is 0 Å². The first kappa shape index (κ1) is 104. The van der Waals surface area contributed by atoms with Crippen LogP contribution in [0.2, 0.25) is 0 Å². The molecule has 0 radical (unpaired) electrons. The van der Waals surface area contributed by atoms with E-state index in [1.165, 1.54) is 372 Å². The molecule has 3 heterocycles. The first-order chi connectivity index (χ1) is 54.3. The Kier molecular flexibility index (Phi) is 68.2. The Morgan fingerprint density at radius 2 is 0.514 bits per heavy atom. The molecular formula is C92H179NO18. The van der Waals surface area contributed by atoms with Crippen LogP contribution in [0.3, 0.4) is 0 Å². The molecule has 3 aliphatic heterocycles. The van der Waals surface area contributed by atoms with E-state index in [0.29, 0.717) is 12.8 Å². The molecule has 1 amide bonds. The van der Waals surface area contributed by atoms with Crippen molar-refractivity contribution >= 4 is 5.91 Å². The lowest BCUT2D eigenvalue weighted by atomic mass is 9.96. The first-order valence-electron chi connectivity index (χ1n) is 47.8. The lowest BCUT2D eigenvalue weighted by Crippen LogP contribution is -2.66. The SMILES string of the molecule is CCCCCCCCCCCCCCCCCCCCCCCCCCCCCCCCCCCCC(=O)NC(COC1OC(CO)C(OC2OC(CO)C(OC3OC(CO)C(O)C(O)C3O)C(O)C2O)C(O)C1O)C(O)CCCCCCCCCCCCCCCCCCCCCCCCCCCCCCCCCC. The number of amides is 1. The maximum absolute atomic E-state index is 13.6. The molecule has 17 unspecified atom stereocenters. The van der Waals surface area contributed by atoms with E-state index >= 15 is 0 Å². The van der Waals surface area contributed by atoms with Crippen molar-refractivity contribution in [2.24, 2.45) is 0 Å². The molecule has 17 atom stereocenters. The number of aliphatic hydroxyl groups is 11. The van der Waals surface area contributed by atoms with E-state index in [1.807, 2.05) is 0 Å². The summed E-state index contributed by atoms with van der Waals surface area (Å²) >= 11 is 0. The van der Waals surface area contributed by atoms with Crippen LogP contribution in [-0.2, 0) is 33.2 Å². The monoisotopic (exact) mass is 1590 g/mol. The average Bonchev–Trinajstić information content (AvgIpc) is 0.780. The fraction of sp³-hybridized carbons (Fsp3) is 0.989. The summed E-state index contributed by atoms with van der Waals surface area (Å²) in [5, 5.41) is 121. The molecule has 0 aromatic rings. The summed E-state index contributed by atoms with van der Waals surface area (Å²) < 4.78 is 34.6. The van der Waals surface area contributed by atoms with Crippen LogP contribution < -0.4 is 5.32 Å². The number of hydrogen-bond donors (Lipinski definition) is 12. The minimum Gasteiger partial charge on any atom is -0.394 e. The van der Waals surface area contributed by atoms with Crippen molar-refractivity contribution in [3.8, 4) is 0 Å². The van der Waals surface area contributed by atoms with Crippen LogP contribution in [0.25, 0.3) is 0 Å². The second-order valence-corrected chi connectivity index (χ2v) is 34.6. The van der Waals surface area contributed by atoms with E-state index in [4.69, 9.17) is 28.4 Å². The number of hydrogen-bond acceptors (Lipinski definition) is 18. The summed E-state index contributed by atoms with van der Waals surface area (Å²) in [6, 6.07) is -0.885. The van der Waals surface area contributed by atoms with Gasteiger partial charge in [0.1, 0.15) is 73.2 Å². The van der Waals surface area contributed by atoms with E-state index in [-0.39, 0.29) is 18.9 Å². The van der Waals surface area contributed by atoms with E-state index in [9.17, 15) is 61.0 Å². The van der Waals surface area contributed by atoms with Crippen LogP contribution in [0.5, 0.6) is 0 Å². The third-order valence-corrected chi connectivity index (χ3v) is 24.4. The number of aliphatic hydroxyl groups excluding tert-OH is 11. The molecule has 0 aromatic heterocycles. The zero-order chi connectivity index (χ0) is 80.3. The molecule has 19 nitrogen and oxygen atoms in total. The van der Waals surface area contributed by atoms with Crippen LogP contribution in [0.4, 0.5) is 0 Å². The zero-order valence-corrected chi connectivity index (χ0v) is 71.5. The average molecular weight is 1590 g/mol. The molecule has 3 aliphatic rings. The van der Waals surface area contributed by atoms with E-state index in [2.05, 4.69) is 19.2 Å². The van der Waals surface area contributed by atoms with Crippen LogP contribution >= 0.6 is 0 Å². The highest BCUT2D eigenvalue weighted by molar-refractivity contribution is 5.76. The lowest BCUT2D eigenvalue weighted by molar-refractivity contribution is -0.379. The zero-order valence-electron chi connectivity index (χ0n) is 71.5. The molecule has 3 rings (SSSR count). The molecule has 0 aliphatic carbocycles. The first-order valence-corrected chi connectivity index (χ1v) is 47.8. The van der Waals surface area contributed by atoms with E-state index in [0.717, 1.165) is 44.9 Å². The number of ether oxygens (including phenoxy) is 6. The molecular weight excluding hydrogens is 1410 g/mol. The Labute approximate surface area is 678 Å². The minimum absolute atomic E-state index is 0.230. The van der Waals surface area contributed by atoms with Gasteiger partial charge >= 0.3 is 0 Å². The van der Waals surface area contributed by atoms with Crippen LogP contribution in [-0.4, -0.2) is 193 Å². The van der Waals surface area contributed by atoms with Gasteiger partial charge in [-0.05, 0) is 12.8 Å². The van der Waals surface area contributed by atoms with Crippen molar-refractivity contribution in [1.29, 1.82) is 0 Å². The Morgan fingerprint density at radius 3 is 0.784 bits per heavy atom. The summed E-state index contributed by atoms with van der Waals surface area (Å²) in [5.74, 6) is -0.230. The highest BCUT2D eigenvalue weighted by atomic mass is 16.8. The summed E-state index contributed by atoms with van der Waals surface area (Å²) in [6.45, 7) is 1.90. The number of carbonyl (C=O) groups is 1. The van der Waals surface area contributed by atoms with E-state index < -0.39 is 124 Å². The van der Waals surface area contributed by atoms with Crippen LogP contribution in [0.1, 0.15) is 450 Å². The van der Waals surface area contributed by atoms with Crippen molar-refractivity contribution < 1.29 is 89.4 Å². The maximum atomic E-state index is 13.6. The Balaban J connectivity index is 1.29. The molecule has 0 bridgehead atoms. The highest BCUT2D eigenvalue weighted by Gasteiger charge is 2.54. The largest absolute Gasteiger partial charge is 0.394 e. The fourth-order valence-corrected chi connectivity index (χ4v) is 16.9. The number of rotatable bonds is 80. The molecule has 19 heteroatoms. The molecule has 12 N–H and O–H groups in total. The van der Waals surface area contributed by atoms with Gasteiger partial charge < -0.3 is 89.9 Å². The van der Waals surface area contributed by atoms with Crippen molar-refractivity contribution in [3.63, 3.8) is 0 Å². The van der Waals surface area contributed by atoms with Gasteiger partial charge in [0.25, 0.3) is 0 Å². The number of nitrogens with one attached hydrogen (secondary N) is 1. The van der Waals surface area contributed by atoms with Gasteiger partial charge in [0.2, 0.25) is 5.91 Å². The predicted octanol–water partition coefficient (Wildman–Crippen LogP) is 18.9. The Morgan fingerprint density at radius 1 is 0.288 bits per heavy atom. The van der Waals surface area contributed by atoms with Gasteiger partial charge in [0, 0.05) is 6.42 Å². The topological polar surface area (TPSA) is 307 Å². The second-order valence-electron chi connectivity index (χ2n) is 34.6. The smallest absolute Gasteiger partial charge is 0.220 e. The van der Waals surface area contributed by atoms with Crippen molar-refractivity contribution in [1.82, 2.24) is 5.32 Å². The second kappa shape index (κ2) is 72.8. The minimum atomic E-state index is -1.97. The molecule has 111 heavy (non-hydrogen) atoms. The lowest BCUT2D eigenvalue weighted by Gasteiger charge is -2.48. The Bertz CT molecular complexity index is 2000. The van der Waals surface area contributed by atoms with Gasteiger partial charge in [-0.3, -0.25) is 4.79 Å². The summed E-state index contributed by atoms with van der Waals surface area (Å²) in [5.41, 5.74) is 0. The van der Waals surface area contributed by atoms with Gasteiger partial charge in [-0.1, -0.05) is 431 Å². The van der Waals surface area contributed by atoms with Gasteiger partial charge in [-0.2, -0.15) is 0 Å². The fourth-order valence-electron chi connectivity index (χ4n) is 16.9. The molecule has 0 aromatic carbocycles.